The lowest BCUT2D eigenvalue weighted by atomic mass is 10.1. The number of hydrogen-bond donors (Lipinski definition) is 0. The zero-order valence-corrected chi connectivity index (χ0v) is 15.1. The first-order chi connectivity index (χ1) is 12.7. The van der Waals surface area contributed by atoms with Gasteiger partial charge in [0, 0.05) is 19.1 Å². The van der Waals surface area contributed by atoms with Gasteiger partial charge in [-0.2, -0.15) is 5.10 Å². The van der Waals surface area contributed by atoms with Crippen LogP contribution in [0.3, 0.4) is 0 Å². The summed E-state index contributed by atoms with van der Waals surface area (Å²) in [6.45, 7) is 0.523. The number of ether oxygens (including phenoxy) is 3. The second-order valence-electron chi connectivity index (χ2n) is 5.85. The van der Waals surface area contributed by atoms with E-state index in [4.69, 9.17) is 14.2 Å². The van der Waals surface area contributed by atoms with Crippen LogP contribution in [0.2, 0.25) is 0 Å². The van der Waals surface area contributed by atoms with Gasteiger partial charge in [0.2, 0.25) is 0 Å². The van der Waals surface area contributed by atoms with Crippen LogP contribution in [0.4, 0.5) is 0 Å². The van der Waals surface area contributed by atoms with Crippen molar-refractivity contribution < 1.29 is 19.0 Å². The molecular formula is C20H22N2O4. The first-order valence-corrected chi connectivity index (χ1v) is 8.37. The van der Waals surface area contributed by atoms with Crippen molar-refractivity contribution in [1.29, 1.82) is 0 Å². The molecule has 0 saturated carbocycles. The number of carbonyl (C=O) groups is 1. The van der Waals surface area contributed by atoms with Gasteiger partial charge in [-0.3, -0.25) is 4.79 Å². The Morgan fingerprint density at radius 1 is 1.04 bits per heavy atom. The smallest absolute Gasteiger partial charge is 0.276 e. The SMILES string of the molecule is COc1ccc(C2=NN(C(=O)C(OC)c3ccccc3)CC2)cc1OC. The summed E-state index contributed by atoms with van der Waals surface area (Å²) in [4.78, 5) is 12.8. The molecule has 1 atom stereocenters. The lowest BCUT2D eigenvalue weighted by Gasteiger charge is -2.19. The molecule has 1 heterocycles. The Labute approximate surface area is 153 Å². The van der Waals surface area contributed by atoms with Crippen LogP contribution in [0.15, 0.2) is 53.6 Å². The van der Waals surface area contributed by atoms with Crippen molar-refractivity contribution in [2.75, 3.05) is 27.9 Å². The van der Waals surface area contributed by atoms with Crippen molar-refractivity contribution in [2.45, 2.75) is 12.5 Å². The van der Waals surface area contributed by atoms with Crippen molar-refractivity contribution >= 4 is 11.6 Å². The zero-order valence-electron chi connectivity index (χ0n) is 15.1. The second kappa shape index (κ2) is 8.01. The molecule has 0 bridgehead atoms. The van der Waals surface area contributed by atoms with Crippen molar-refractivity contribution in [2.24, 2.45) is 5.10 Å². The first kappa shape index (κ1) is 17.9. The number of nitrogens with zero attached hydrogens (tertiary/aromatic N) is 2. The Morgan fingerprint density at radius 2 is 1.77 bits per heavy atom. The highest BCUT2D eigenvalue weighted by atomic mass is 16.5. The number of amides is 1. The average Bonchev–Trinajstić information content (AvgIpc) is 3.19. The largest absolute Gasteiger partial charge is 0.493 e. The zero-order chi connectivity index (χ0) is 18.5. The standard InChI is InChI=1S/C20H22N2O4/c1-24-17-10-9-15(13-18(17)25-2)16-11-12-22(21-16)20(23)19(26-3)14-7-5-4-6-8-14/h4-10,13,19H,11-12H2,1-3H3. The van der Waals surface area contributed by atoms with Gasteiger partial charge in [-0.05, 0) is 23.8 Å². The molecular weight excluding hydrogens is 332 g/mol. The third-order valence-electron chi connectivity index (χ3n) is 4.34. The van der Waals surface area contributed by atoms with Crippen LogP contribution >= 0.6 is 0 Å². The van der Waals surface area contributed by atoms with Crippen LogP contribution in [-0.4, -0.2) is 44.5 Å². The number of carbonyl (C=O) groups excluding carboxylic acids is 1. The van der Waals surface area contributed by atoms with Crippen LogP contribution in [0, 0.1) is 0 Å². The lowest BCUT2D eigenvalue weighted by Crippen LogP contribution is -2.30. The van der Waals surface area contributed by atoms with E-state index in [9.17, 15) is 4.79 Å². The van der Waals surface area contributed by atoms with Crippen LogP contribution in [0.1, 0.15) is 23.7 Å². The van der Waals surface area contributed by atoms with E-state index in [2.05, 4.69) is 5.10 Å². The molecule has 136 valence electrons. The van der Waals surface area contributed by atoms with E-state index in [1.807, 2.05) is 48.5 Å². The minimum absolute atomic E-state index is 0.172. The molecule has 0 fully saturated rings. The molecule has 6 heteroatoms. The van der Waals surface area contributed by atoms with Crippen LogP contribution < -0.4 is 9.47 Å². The summed E-state index contributed by atoms with van der Waals surface area (Å²) in [6.07, 6.45) is 0.0108. The summed E-state index contributed by atoms with van der Waals surface area (Å²) in [5, 5.41) is 5.99. The van der Waals surface area contributed by atoms with Gasteiger partial charge in [0.15, 0.2) is 17.6 Å². The van der Waals surface area contributed by atoms with E-state index >= 15 is 0 Å². The average molecular weight is 354 g/mol. The van der Waals surface area contributed by atoms with Gasteiger partial charge in [-0.25, -0.2) is 5.01 Å². The van der Waals surface area contributed by atoms with Gasteiger partial charge in [0.25, 0.3) is 5.91 Å². The minimum Gasteiger partial charge on any atom is -0.493 e. The molecule has 0 radical (unpaired) electrons. The summed E-state index contributed by atoms with van der Waals surface area (Å²) in [6, 6.07) is 15.1. The lowest BCUT2D eigenvalue weighted by molar-refractivity contribution is -0.141. The quantitative estimate of drug-likeness (QED) is 0.800. The van der Waals surface area contributed by atoms with Gasteiger partial charge in [-0.1, -0.05) is 30.3 Å². The maximum atomic E-state index is 12.8. The fraction of sp³-hybridized carbons (Fsp3) is 0.300. The number of benzene rings is 2. The molecule has 26 heavy (non-hydrogen) atoms. The van der Waals surface area contributed by atoms with E-state index in [-0.39, 0.29) is 5.91 Å². The fourth-order valence-corrected chi connectivity index (χ4v) is 2.98. The van der Waals surface area contributed by atoms with Crippen molar-refractivity contribution in [1.82, 2.24) is 5.01 Å². The third kappa shape index (κ3) is 3.55. The van der Waals surface area contributed by atoms with Gasteiger partial charge < -0.3 is 14.2 Å². The Morgan fingerprint density at radius 3 is 2.42 bits per heavy atom. The summed E-state index contributed by atoms with van der Waals surface area (Å²) in [5.41, 5.74) is 2.56. The molecule has 3 rings (SSSR count). The third-order valence-corrected chi connectivity index (χ3v) is 4.34. The maximum absolute atomic E-state index is 12.8. The van der Waals surface area contributed by atoms with Crippen LogP contribution in [-0.2, 0) is 9.53 Å². The molecule has 0 N–H and O–H groups in total. The molecule has 1 amide bonds. The predicted molar refractivity (Wildman–Crippen MR) is 98.6 cm³/mol. The van der Waals surface area contributed by atoms with E-state index in [1.165, 1.54) is 12.1 Å². The normalized spacial score (nSPS) is 14.7. The molecule has 0 aliphatic carbocycles. The second-order valence-corrected chi connectivity index (χ2v) is 5.85. The summed E-state index contributed by atoms with van der Waals surface area (Å²) in [5.74, 6) is 1.12. The fourth-order valence-electron chi connectivity index (χ4n) is 2.98. The van der Waals surface area contributed by atoms with E-state index < -0.39 is 6.10 Å². The van der Waals surface area contributed by atoms with Crippen LogP contribution in [0.5, 0.6) is 11.5 Å². The summed E-state index contributed by atoms with van der Waals surface area (Å²) in [7, 11) is 4.72. The Kier molecular flexibility index (Phi) is 5.53. The van der Waals surface area contributed by atoms with Crippen molar-refractivity contribution in [3.05, 3.63) is 59.7 Å². The summed E-state index contributed by atoms with van der Waals surface area (Å²) < 4.78 is 16.0. The molecule has 0 spiro atoms. The van der Waals surface area contributed by atoms with E-state index in [0.717, 1.165) is 16.8 Å². The molecule has 0 aromatic heterocycles. The first-order valence-electron chi connectivity index (χ1n) is 8.37. The van der Waals surface area contributed by atoms with Gasteiger partial charge in [0.1, 0.15) is 0 Å². The molecule has 0 saturated heterocycles. The molecule has 1 unspecified atom stereocenters. The van der Waals surface area contributed by atoms with E-state index in [1.54, 1.807) is 14.2 Å². The summed E-state index contributed by atoms with van der Waals surface area (Å²) >= 11 is 0. The monoisotopic (exact) mass is 354 g/mol. The number of hydrogen-bond acceptors (Lipinski definition) is 5. The number of hydrazone groups is 1. The molecule has 2 aromatic carbocycles. The van der Waals surface area contributed by atoms with Gasteiger partial charge in [-0.15, -0.1) is 0 Å². The molecule has 2 aromatic rings. The van der Waals surface area contributed by atoms with Gasteiger partial charge in [0.05, 0.1) is 26.5 Å². The Balaban J connectivity index is 1.82. The van der Waals surface area contributed by atoms with Crippen LogP contribution in [0.25, 0.3) is 0 Å². The highest BCUT2D eigenvalue weighted by molar-refractivity contribution is 6.03. The number of rotatable bonds is 6. The predicted octanol–water partition coefficient (Wildman–Crippen LogP) is 3.03. The van der Waals surface area contributed by atoms with E-state index in [0.29, 0.717) is 24.5 Å². The molecule has 1 aliphatic rings. The topological polar surface area (TPSA) is 60.4 Å². The minimum atomic E-state index is -0.662. The Hall–Kier alpha value is -2.86. The highest BCUT2D eigenvalue weighted by Gasteiger charge is 2.29. The maximum Gasteiger partial charge on any atom is 0.276 e. The Bertz CT molecular complexity index is 805. The van der Waals surface area contributed by atoms with Crippen molar-refractivity contribution in [3.8, 4) is 11.5 Å². The highest BCUT2D eigenvalue weighted by Crippen LogP contribution is 2.29. The van der Waals surface area contributed by atoms with Gasteiger partial charge >= 0.3 is 0 Å². The number of methoxy groups -OCH3 is 3. The molecule has 1 aliphatic heterocycles. The molecule has 6 nitrogen and oxygen atoms in total. The van der Waals surface area contributed by atoms with Crippen molar-refractivity contribution in [3.63, 3.8) is 0 Å².